The number of hydrogen-bond donors (Lipinski definition) is 1. The maximum atomic E-state index is 11.9. The molecule has 17 heavy (non-hydrogen) atoms. The number of nitrogens with zero attached hydrogens (tertiary/aromatic N) is 1. The topological polar surface area (TPSA) is 63.4 Å². The quantitative estimate of drug-likeness (QED) is 0.858. The zero-order valence-corrected chi connectivity index (χ0v) is 12.2. The molecule has 1 unspecified atom stereocenters. The van der Waals surface area contributed by atoms with Crippen molar-refractivity contribution >= 4 is 38.3 Å². The Balaban J connectivity index is 2.68. The van der Waals surface area contributed by atoms with Crippen molar-refractivity contribution in [1.82, 2.24) is 4.90 Å². The molecule has 0 spiro atoms. The van der Waals surface area contributed by atoms with E-state index < -0.39 is 10.8 Å². The van der Waals surface area contributed by atoms with Crippen molar-refractivity contribution in [3.8, 4) is 0 Å². The lowest BCUT2D eigenvalue weighted by Crippen LogP contribution is -2.23. The summed E-state index contributed by atoms with van der Waals surface area (Å²) in [5.74, 6) is 0.261. The van der Waals surface area contributed by atoms with Crippen LogP contribution >= 0.6 is 15.9 Å². The number of halogens is 1. The molecule has 1 rings (SSSR count). The van der Waals surface area contributed by atoms with Gasteiger partial charge in [-0.25, -0.2) is 0 Å². The van der Waals surface area contributed by atoms with Gasteiger partial charge in [-0.1, -0.05) is 15.9 Å². The molecule has 1 atom stereocenters. The Kier molecular flexibility index (Phi) is 5.14. The molecule has 2 N–H and O–H groups in total. The van der Waals surface area contributed by atoms with Crippen molar-refractivity contribution in [2.45, 2.75) is 11.3 Å². The molecular weight excluding hydrogens is 304 g/mol. The average molecular weight is 319 g/mol. The molecular formula is C11H15BrN2O2S. The highest BCUT2D eigenvalue weighted by Crippen LogP contribution is 2.21. The molecule has 0 aliphatic carbocycles. The van der Waals surface area contributed by atoms with E-state index in [0.717, 1.165) is 4.47 Å². The lowest BCUT2D eigenvalue weighted by Gasteiger charge is -2.10. The van der Waals surface area contributed by atoms with Crippen LogP contribution in [0.3, 0.4) is 0 Å². The number of carbonyl (C=O) groups excluding carboxylic acids is 1. The molecule has 1 aromatic rings. The lowest BCUT2D eigenvalue weighted by molar-refractivity contribution is -0.128. The zero-order chi connectivity index (χ0) is 13.0. The zero-order valence-electron chi connectivity index (χ0n) is 9.77. The monoisotopic (exact) mass is 318 g/mol. The van der Waals surface area contributed by atoms with Crippen molar-refractivity contribution in [2.24, 2.45) is 0 Å². The minimum atomic E-state index is -1.23. The van der Waals surface area contributed by atoms with Crippen LogP contribution in [0.1, 0.15) is 6.42 Å². The fourth-order valence-electron chi connectivity index (χ4n) is 1.24. The minimum absolute atomic E-state index is 0.0333. The third kappa shape index (κ3) is 4.12. The Morgan fingerprint density at radius 2 is 2.12 bits per heavy atom. The Morgan fingerprint density at radius 3 is 2.65 bits per heavy atom. The molecule has 0 saturated carbocycles. The van der Waals surface area contributed by atoms with Crippen molar-refractivity contribution in [2.75, 3.05) is 25.6 Å². The first-order chi connectivity index (χ1) is 7.91. The Morgan fingerprint density at radius 1 is 1.47 bits per heavy atom. The number of carbonyl (C=O) groups is 1. The lowest BCUT2D eigenvalue weighted by atomic mass is 10.3. The van der Waals surface area contributed by atoms with Gasteiger partial charge in [0.25, 0.3) is 0 Å². The molecule has 94 valence electrons. The van der Waals surface area contributed by atoms with Crippen LogP contribution in [-0.2, 0) is 15.6 Å². The summed E-state index contributed by atoms with van der Waals surface area (Å²) in [6.07, 6.45) is 0.259. The van der Waals surface area contributed by atoms with Crippen LogP contribution in [0, 0.1) is 0 Å². The van der Waals surface area contributed by atoms with Crippen LogP contribution in [0.5, 0.6) is 0 Å². The summed E-state index contributed by atoms with van der Waals surface area (Å²) < 4.78 is 12.8. The minimum Gasteiger partial charge on any atom is -0.398 e. The van der Waals surface area contributed by atoms with Crippen molar-refractivity contribution < 1.29 is 9.00 Å². The summed E-state index contributed by atoms with van der Waals surface area (Å²) in [5, 5.41) is 0. The van der Waals surface area contributed by atoms with Gasteiger partial charge in [0.15, 0.2) is 0 Å². The summed E-state index contributed by atoms with van der Waals surface area (Å²) in [6.45, 7) is 0. The van der Waals surface area contributed by atoms with E-state index in [1.54, 1.807) is 32.3 Å². The number of rotatable bonds is 4. The van der Waals surface area contributed by atoms with Crippen LogP contribution < -0.4 is 5.73 Å². The van der Waals surface area contributed by atoms with Gasteiger partial charge in [-0.15, -0.1) is 0 Å². The fourth-order valence-corrected chi connectivity index (χ4v) is 2.74. The Bertz CT molecular complexity index is 449. The number of amides is 1. The second-order valence-electron chi connectivity index (χ2n) is 3.77. The SMILES string of the molecule is CN(C)C(=O)CCS(=O)c1ccc(Br)cc1N. The summed E-state index contributed by atoms with van der Waals surface area (Å²) in [7, 11) is 2.13. The summed E-state index contributed by atoms with van der Waals surface area (Å²) in [5.41, 5.74) is 6.25. The molecule has 0 aliphatic rings. The van der Waals surface area contributed by atoms with Crippen molar-refractivity contribution in [1.29, 1.82) is 0 Å². The predicted molar refractivity (Wildman–Crippen MR) is 73.1 cm³/mol. The first-order valence-corrected chi connectivity index (χ1v) is 7.16. The molecule has 0 radical (unpaired) electrons. The number of benzene rings is 1. The largest absolute Gasteiger partial charge is 0.398 e. The fraction of sp³-hybridized carbons (Fsp3) is 0.364. The number of hydrogen-bond acceptors (Lipinski definition) is 3. The smallest absolute Gasteiger partial charge is 0.222 e. The molecule has 0 aliphatic heterocycles. The van der Waals surface area contributed by atoms with E-state index in [1.807, 2.05) is 0 Å². The summed E-state index contributed by atoms with van der Waals surface area (Å²) >= 11 is 3.29. The maximum absolute atomic E-state index is 11.9. The summed E-state index contributed by atoms with van der Waals surface area (Å²) in [4.78, 5) is 13.4. The number of nitrogen functional groups attached to an aromatic ring is 1. The van der Waals surface area contributed by atoms with Gasteiger partial charge >= 0.3 is 0 Å². The second kappa shape index (κ2) is 6.16. The standard InChI is InChI=1S/C11H15BrN2O2S/c1-14(2)11(15)5-6-17(16)10-4-3-8(12)7-9(10)13/h3-4,7H,5-6,13H2,1-2H3. The van der Waals surface area contributed by atoms with E-state index in [9.17, 15) is 9.00 Å². The number of nitrogens with two attached hydrogens (primary N) is 1. The third-order valence-corrected chi connectivity index (χ3v) is 4.15. The van der Waals surface area contributed by atoms with E-state index in [0.29, 0.717) is 16.3 Å². The van der Waals surface area contributed by atoms with E-state index in [-0.39, 0.29) is 12.3 Å². The predicted octanol–water partition coefficient (Wildman–Crippen LogP) is 1.62. The van der Waals surface area contributed by atoms with Crippen LogP contribution in [-0.4, -0.2) is 34.9 Å². The molecule has 0 aromatic heterocycles. The van der Waals surface area contributed by atoms with Gasteiger partial charge in [-0.2, -0.15) is 0 Å². The second-order valence-corrected chi connectivity index (χ2v) is 6.22. The van der Waals surface area contributed by atoms with Gasteiger partial charge in [-0.05, 0) is 18.2 Å². The van der Waals surface area contributed by atoms with Gasteiger partial charge < -0.3 is 10.6 Å². The van der Waals surface area contributed by atoms with E-state index in [1.165, 1.54) is 4.90 Å². The molecule has 0 saturated heterocycles. The third-order valence-electron chi connectivity index (χ3n) is 2.22. The van der Waals surface area contributed by atoms with E-state index in [4.69, 9.17) is 5.73 Å². The molecule has 0 bridgehead atoms. The van der Waals surface area contributed by atoms with Crippen LogP contribution in [0.2, 0.25) is 0 Å². The highest BCUT2D eigenvalue weighted by molar-refractivity contribution is 9.10. The van der Waals surface area contributed by atoms with Crippen LogP contribution in [0.15, 0.2) is 27.6 Å². The first-order valence-electron chi connectivity index (χ1n) is 5.05. The van der Waals surface area contributed by atoms with Gasteiger partial charge in [0.2, 0.25) is 5.91 Å². The Labute approximate surface area is 112 Å². The van der Waals surface area contributed by atoms with Crippen molar-refractivity contribution in [3.05, 3.63) is 22.7 Å². The molecule has 1 aromatic carbocycles. The highest BCUT2D eigenvalue weighted by atomic mass is 79.9. The van der Waals surface area contributed by atoms with Crippen LogP contribution in [0.4, 0.5) is 5.69 Å². The van der Waals surface area contributed by atoms with E-state index in [2.05, 4.69) is 15.9 Å². The molecule has 1 amide bonds. The maximum Gasteiger partial charge on any atom is 0.222 e. The van der Waals surface area contributed by atoms with Crippen LogP contribution in [0.25, 0.3) is 0 Å². The molecule has 0 fully saturated rings. The highest BCUT2D eigenvalue weighted by Gasteiger charge is 2.11. The summed E-state index contributed by atoms with van der Waals surface area (Å²) in [6, 6.07) is 5.22. The molecule has 0 heterocycles. The van der Waals surface area contributed by atoms with E-state index >= 15 is 0 Å². The molecule has 6 heteroatoms. The van der Waals surface area contributed by atoms with Gasteiger partial charge in [0.05, 0.1) is 15.7 Å². The average Bonchev–Trinajstić information content (AvgIpc) is 2.25. The first kappa shape index (κ1) is 14.2. The van der Waals surface area contributed by atoms with Crippen molar-refractivity contribution in [3.63, 3.8) is 0 Å². The van der Waals surface area contributed by atoms with Gasteiger partial charge in [0.1, 0.15) is 0 Å². The van der Waals surface area contributed by atoms with Gasteiger partial charge in [0, 0.05) is 36.4 Å². The molecule has 4 nitrogen and oxygen atoms in total. The Hall–Kier alpha value is -0.880. The number of anilines is 1. The van der Waals surface area contributed by atoms with Gasteiger partial charge in [-0.3, -0.25) is 9.00 Å². The normalized spacial score (nSPS) is 12.2.